The summed E-state index contributed by atoms with van der Waals surface area (Å²) in [6, 6.07) is 6.07. The number of carbonyl (C=O) groups excluding carboxylic acids is 1. The first-order chi connectivity index (χ1) is 10.5. The zero-order valence-corrected chi connectivity index (χ0v) is 13.2. The molecule has 1 aliphatic carbocycles. The number of hydrogen-bond donors (Lipinski definition) is 0. The molecule has 1 fully saturated rings. The molecule has 1 amide bonds. The minimum absolute atomic E-state index is 0.0252. The van der Waals surface area contributed by atoms with Crippen LogP contribution in [0.15, 0.2) is 23.0 Å². The van der Waals surface area contributed by atoms with Crippen molar-refractivity contribution in [1.29, 1.82) is 0 Å². The molecule has 2 aromatic rings. The van der Waals surface area contributed by atoms with Crippen molar-refractivity contribution in [3.8, 4) is 0 Å². The molecule has 1 aromatic carbocycles. The molecule has 0 spiro atoms. The summed E-state index contributed by atoms with van der Waals surface area (Å²) in [6.45, 7) is 0. The molecule has 1 aromatic heterocycles. The Labute approximate surface area is 128 Å². The molecule has 118 valence electrons. The molecule has 3 rings (SSSR count). The third-order valence-electron chi connectivity index (χ3n) is 4.57. The maximum Gasteiger partial charge on any atom is 0.329 e. The number of rotatable bonds is 4. The predicted octanol–water partition coefficient (Wildman–Crippen LogP) is 1.63. The maximum atomic E-state index is 12.4. The Hall–Kier alpha value is -2.08. The standard InChI is InChI=1S/C16H21N3O3/c1-17-13-8-7-11(10-15(20)18(2)22-3)9-14(13)19(16(17)21)12-5-4-6-12/h7-9,12H,4-6,10H2,1-3H3. The average Bonchev–Trinajstić information content (AvgIpc) is 2.70. The van der Waals surface area contributed by atoms with Crippen molar-refractivity contribution in [1.82, 2.24) is 14.2 Å². The Kier molecular flexibility index (Phi) is 3.78. The Morgan fingerprint density at radius 1 is 1.36 bits per heavy atom. The fourth-order valence-electron chi connectivity index (χ4n) is 2.91. The van der Waals surface area contributed by atoms with E-state index < -0.39 is 0 Å². The van der Waals surface area contributed by atoms with Crippen molar-refractivity contribution in [3.05, 3.63) is 34.2 Å². The summed E-state index contributed by atoms with van der Waals surface area (Å²) >= 11 is 0. The first-order valence-electron chi connectivity index (χ1n) is 7.53. The van der Waals surface area contributed by atoms with Crippen molar-refractivity contribution >= 4 is 16.9 Å². The van der Waals surface area contributed by atoms with E-state index in [1.807, 2.05) is 22.8 Å². The number of likely N-dealkylation sites (N-methyl/N-ethyl adjacent to an activating group) is 1. The summed E-state index contributed by atoms with van der Waals surface area (Å²) in [6.07, 6.45) is 3.53. The summed E-state index contributed by atoms with van der Waals surface area (Å²) in [4.78, 5) is 29.3. The van der Waals surface area contributed by atoms with Crippen LogP contribution < -0.4 is 5.69 Å². The molecule has 1 heterocycles. The van der Waals surface area contributed by atoms with Gasteiger partial charge in [-0.3, -0.25) is 18.8 Å². The molecule has 6 nitrogen and oxygen atoms in total. The van der Waals surface area contributed by atoms with Crippen LogP contribution in [0.2, 0.25) is 0 Å². The van der Waals surface area contributed by atoms with Crippen LogP contribution in [0.1, 0.15) is 30.9 Å². The lowest BCUT2D eigenvalue weighted by Gasteiger charge is -2.26. The van der Waals surface area contributed by atoms with Gasteiger partial charge in [-0.25, -0.2) is 9.86 Å². The van der Waals surface area contributed by atoms with Gasteiger partial charge in [0.15, 0.2) is 0 Å². The number of aryl methyl sites for hydroxylation is 1. The van der Waals surface area contributed by atoms with Gasteiger partial charge in [-0.05, 0) is 37.0 Å². The van der Waals surface area contributed by atoms with Crippen molar-refractivity contribution in [3.63, 3.8) is 0 Å². The van der Waals surface area contributed by atoms with Gasteiger partial charge in [-0.1, -0.05) is 6.07 Å². The average molecular weight is 303 g/mol. The highest BCUT2D eigenvalue weighted by Gasteiger charge is 2.24. The van der Waals surface area contributed by atoms with Gasteiger partial charge in [-0.15, -0.1) is 0 Å². The molecule has 0 radical (unpaired) electrons. The highest BCUT2D eigenvalue weighted by atomic mass is 16.7. The van der Waals surface area contributed by atoms with E-state index >= 15 is 0 Å². The lowest BCUT2D eigenvalue weighted by Crippen LogP contribution is -2.29. The predicted molar refractivity (Wildman–Crippen MR) is 83.6 cm³/mol. The van der Waals surface area contributed by atoms with E-state index in [9.17, 15) is 9.59 Å². The SMILES string of the molecule is CON(C)C(=O)Cc1ccc2c(c1)n(C1CCC1)c(=O)n2C. The molecule has 1 aliphatic rings. The monoisotopic (exact) mass is 303 g/mol. The number of hydroxylamine groups is 2. The molecule has 0 saturated heterocycles. The fourth-order valence-corrected chi connectivity index (χ4v) is 2.91. The first kappa shape index (κ1) is 14.8. The molecule has 0 N–H and O–H groups in total. The molecule has 6 heteroatoms. The normalized spacial score (nSPS) is 15.0. The highest BCUT2D eigenvalue weighted by molar-refractivity contribution is 5.81. The Bertz CT molecular complexity index is 771. The molecule has 1 saturated carbocycles. The highest BCUT2D eigenvalue weighted by Crippen LogP contribution is 2.33. The third-order valence-corrected chi connectivity index (χ3v) is 4.57. The number of nitrogens with zero attached hydrogens (tertiary/aromatic N) is 3. The Balaban J connectivity index is 2.01. The number of hydrogen-bond acceptors (Lipinski definition) is 3. The van der Waals surface area contributed by atoms with Gasteiger partial charge < -0.3 is 0 Å². The molecule has 0 atom stereocenters. The molecule has 0 bridgehead atoms. The van der Waals surface area contributed by atoms with Crippen molar-refractivity contribution in [2.45, 2.75) is 31.7 Å². The van der Waals surface area contributed by atoms with Crippen molar-refractivity contribution < 1.29 is 9.63 Å². The van der Waals surface area contributed by atoms with Gasteiger partial charge in [0.2, 0.25) is 5.91 Å². The minimum Gasteiger partial charge on any atom is -0.295 e. The molecular weight excluding hydrogens is 282 g/mol. The van der Waals surface area contributed by atoms with Crippen LogP contribution in [-0.2, 0) is 23.1 Å². The van der Waals surface area contributed by atoms with Crippen molar-refractivity contribution in [2.24, 2.45) is 7.05 Å². The van der Waals surface area contributed by atoms with Gasteiger partial charge in [0.05, 0.1) is 24.6 Å². The van der Waals surface area contributed by atoms with Gasteiger partial charge in [0, 0.05) is 20.1 Å². The van der Waals surface area contributed by atoms with Crippen LogP contribution >= 0.6 is 0 Å². The topological polar surface area (TPSA) is 56.5 Å². The summed E-state index contributed by atoms with van der Waals surface area (Å²) in [7, 11) is 4.85. The van der Waals surface area contributed by atoms with E-state index in [0.717, 1.165) is 29.4 Å². The number of benzene rings is 1. The maximum absolute atomic E-state index is 12.4. The summed E-state index contributed by atoms with van der Waals surface area (Å²) in [5.74, 6) is -0.115. The Morgan fingerprint density at radius 2 is 2.09 bits per heavy atom. The zero-order chi connectivity index (χ0) is 15.9. The van der Waals surface area contributed by atoms with E-state index in [0.29, 0.717) is 6.04 Å². The number of imidazole rings is 1. The van der Waals surface area contributed by atoms with Gasteiger partial charge in [-0.2, -0.15) is 0 Å². The third kappa shape index (κ3) is 2.33. The van der Waals surface area contributed by atoms with Crippen LogP contribution in [0.3, 0.4) is 0 Å². The van der Waals surface area contributed by atoms with Gasteiger partial charge >= 0.3 is 5.69 Å². The second kappa shape index (κ2) is 5.61. The number of fused-ring (bicyclic) bond motifs is 1. The summed E-state index contributed by atoms with van der Waals surface area (Å²) < 4.78 is 3.56. The number of aromatic nitrogens is 2. The van der Waals surface area contributed by atoms with Crippen LogP contribution in [0.4, 0.5) is 0 Å². The minimum atomic E-state index is -0.115. The number of amides is 1. The molecular formula is C16H21N3O3. The van der Waals surface area contributed by atoms with E-state index in [1.165, 1.54) is 18.6 Å². The summed E-state index contributed by atoms with van der Waals surface area (Å²) in [5, 5.41) is 1.22. The van der Waals surface area contributed by atoms with Crippen LogP contribution in [0.25, 0.3) is 11.0 Å². The van der Waals surface area contributed by atoms with Crippen LogP contribution in [-0.4, -0.2) is 34.3 Å². The van der Waals surface area contributed by atoms with Gasteiger partial charge in [0.1, 0.15) is 0 Å². The van der Waals surface area contributed by atoms with Crippen molar-refractivity contribution in [2.75, 3.05) is 14.2 Å². The Morgan fingerprint density at radius 3 is 2.68 bits per heavy atom. The lowest BCUT2D eigenvalue weighted by molar-refractivity contribution is -0.167. The fraction of sp³-hybridized carbons (Fsp3) is 0.500. The quantitative estimate of drug-likeness (QED) is 0.807. The lowest BCUT2D eigenvalue weighted by atomic mass is 9.93. The summed E-state index contributed by atoms with van der Waals surface area (Å²) in [5.41, 5.74) is 2.74. The van der Waals surface area contributed by atoms with E-state index in [1.54, 1.807) is 18.7 Å². The van der Waals surface area contributed by atoms with Gasteiger partial charge in [0.25, 0.3) is 0 Å². The smallest absolute Gasteiger partial charge is 0.295 e. The largest absolute Gasteiger partial charge is 0.329 e. The molecule has 0 unspecified atom stereocenters. The second-order valence-corrected chi connectivity index (χ2v) is 5.87. The van der Waals surface area contributed by atoms with Crippen LogP contribution in [0, 0.1) is 0 Å². The first-order valence-corrected chi connectivity index (χ1v) is 7.53. The molecule has 0 aliphatic heterocycles. The zero-order valence-electron chi connectivity index (χ0n) is 13.2. The second-order valence-electron chi connectivity index (χ2n) is 5.87. The van der Waals surface area contributed by atoms with E-state index in [-0.39, 0.29) is 18.0 Å². The van der Waals surface area contributed by atoms with E-state index in [4.69, 9.17) is 4.84 Å². The molecule has 22 heavy (non-hydrogen) atoms. The number of carbonyl (C=O) groups is 1. The van der Waals surface area contributed by atoms with Crippen LogP contribution in [0.5, 0.6) is 0 Å². The van der Waals surface area contributed by atoms with E-state index in [2.05, 4.69) is 0 Å².